The average molecular weight is 424 g/mol. The summed E-state index contributed by atoms with van der Waals surface area (Å²) in [6, 6.07) is 8.03. The summed E-state index contributed by atoms with van der Waals surface area (Å²) in [6.07, 6.45) is 0. The molecule has 0 unspecified atom stereocenters. The van der Waals surface area contributed by atoms with Crippen molar-refractivity contribution >= 4 is 21.4 Å². The Morgan fingerprint density at radius 2 is 1.66 bits per heavy atom. The van der Waals surface area contributed by atoms with Crippen molar-refractivity contribution in [2.24, 2.45) is 0 Å². The molecule has 0 bridgehead atoms. The summed E-state index contributed by atoms with van der Waals surface area (Å²) < 4.78 is 58.1. The van der Waals surface area contributed by atoms with E-state index < -0.39 is 15.8 Å². The fourth-order valence-corrected chi connectivity index (χ4v) is 4.11. The molecule has 0 amide bonds. The maximum absolute atomic E-state index is 13.2. The molecule has 1 fully saturated rings. The van der Waals surface area contributed by atoms with Crippen LogP contribution in [0.3, 0.4) is 0 Å². The first-order chi connectivity index (χ1) is 13.9. The van der Waals surface area contributed by atoms with Crippen molar-refractivity contribution in [3.05, 3.63) is 42.2 Å². The van der Waals surface area contributed by atoms with Crippen molar-refractivity contribution in [3.63, 3.8) is 0 Å². The number of benzene rings is 2. The molecule has 3 rings (SSSR count). The summed E-state index contributed by atoms with van der Waals surface area (Å²) in [4.78, 5) is 2.08. The van der Waals surface area contributed by atoms with Crippen LogP contribution in [-0.4, -0.2) is 47.9 Å². The van der Waals surface area contributed by atoms with Crippen LogP contribution in [-0.2, 0) is 14.8 Å². The summed E-state index contributed by atoms with van der Waals surface area (Å²) in [6.45, 7) is 7.09. The summed E-state index contributed by atoms with van der Waals surface area (Å²) in [7, 11) is -3.93. The first kappa shape index (κ1) is 21.2. The van der Waals surface area contributed by atoms with Gasteiger partial charge in [0, 0.05) is 25.2 Å². The lowest BCUT2D eigenvalue weighted by molar-refractivity contribution is 0.122. The lowest BCUT2D eigenvalue weighted by Crippen LogP contribution is -2.36. The van der Waals surface area contributed by atoms with Gasteiger partial charge in [0.1, 0.15) is 17.3 Å². The van der Waals surface area contributed by atoms with Gasteiger partial charge in [-0.05, 0) is 38.1 Å². The Hall–Kier alpha value is -2.52. The van der Waals surface area contributed by atoms with E-state index in [-0.39, 0.29) is 10.6 Å². The Morgan fingerprint density at radius 3 is 2.28 bits per heavy atom. The Morgan fingerprint density at radius 1 is 1.03 bits per heavy atom. The highest BCUT2D eigenvalue weighted by Gasteiger charge is 2.22. The first-order valence-electron chi connectivity index (χ1n) is 9.49. The smallest absolute Gasteiger partial charge is 0.262 e. The second-order valence-corrected chi connectivity index (χ2v) is 8.02. The van der Waals surface area contributed by atoms with Crippen molar-refractivity contribution in [2.45, 2.75) is 18.7 Å². The van der Waals surface area contributed by atoms with E-state index in [1.807, 2.05) is 13.8 Å². The monoisotopic (exact) mass is 424 g/mol. The quantitative estimate of drug-likeness (QED) is 0.701. The lowest BCUT2D eigenvalue weighted by Gasteiger charge is -2.31. The summed E-state index contributed by atoms with van der Waals surface area (Å²) >= 11 is 0. The molecule has 1 aliphatic heterocycles. The molecule has 0 radical (unpaired) electrons. The summed E-state index contributed by atoms with van der Waals surface area (Å²) in [5.41, 5.74) is 1.08. The molecule has 9 heteroatoms. The van der Waals surface area contributed by atoms with Crippen LogP contribution >= 0.6 is 0 Å². The number of ether oxygens (including phenoxy) is 3. The fraction of sp³-hybridized carbons (Fsp3) is 0.400. The third-order valence-electron chi connectivity index (χ3n) is 4.38. The molecule has 158 valence electrons. The average Bonchev–Trinajstić information content (AvgIpc) is 2.71. The number of nitrogens with one attached hydrogen (secondary N) is 1. The van der Waals surface area contributed by atoms with Gasteiger partial charge in [0.2, 0.25) is 0 Å². The largest absolute Gasteiger partial charge is 0.492 e. The van der Waals surface area contributed by atoms with Crippen LogP contribution in [0.15, 0.2) is 41.3 Å². The number of anilines is 2. The van der Waals surface area contributed by atoms with Gasteiger partial charge in [-0.2, -0.15) is 0 Å². The molecule has 0 atom stereocenters. The minimum Gasteiger partial charge on any atom is -0.492 e. The normalized spacial score (nSPS) is 14.5. The number of hydrogen-bond acceptors (Lipinski definition) is 6. The van der Waals surface area contributed by atoms with Gasteiger partial charge in [-0.15, -0.1) is 0 Å². The number of halogens is 1. The molecule has 7 nitrogen and oxygen atoms in total. The van der Waals surface area contributed by atoms with Crippen molar-refractivity contribution < 1.29 is 27.0 Å². The first-order valence-corrected chi connectivity index (χ1v) is 11.0. The fourth-order valence-electron chi connectivity index (χ4n) is 3.04. The van der Waals surface area contributed by atoms with Crippen LogP contribution in [0.1, 0.15) is 13.8 Å². The Kier molecular flexibility index (Phi) is 6.81. The molecule has 29 heavy (non-hydrogen) atoms. The van der Waals surface area contributed by atoms with Crippen molar-refractivity contribution in [1.82, 2.24) is 0 Å². The highest BCUT2D eigenvalue weighted by atomic mass is 32.2. The van der Waals surface area contributed by atoms with E-state index in [0.29, 0.717) is 51.0 Å². The van der Waals surface area contributed by atoms with Crippen molar-refractivity contribution in [2.75, 3.05) is 49.1 Å². The van der Waals surface area contributed by atoms with E-state index in [1.54, 1.807) is 12.1 Å². The molecule has 2 aromatic rings. The second kappa shape index (κ2) is 9.32. The Bertz CT molecular complexity index is 929. The van der Waals surface area contributed by atoms with Gasteiger partial charge in [-0.3, -0.25) is 4.72 Å². The minimum absolute atomic E-state index is 0.0448. The zero-order chi connectivity index (χ0) is 20.9. The zero-order valence-corrected chi connectivity index (χ0v) is 17.3. The molecule has 1 heterocycles. The lowest BCUT2D eigenvalue weighted by atomic mass is 10.2. The second-order valence-electron chi connectivity index (χ2n) is 6.34. The Labute approximate surface area is 170 Å². The molecule has 0 saturated carbocycles. The highest BCUT2D eigenvalue weighted by Crippen LogP contribution is 2.40. The van der Waals surface area contributed by atoms with Crippen LogP contribution in [0.5, 0.6) is 11.5 Å². The molecule has 1 aliphatic rings. The third-order valence-corrected chi connectivity index (χ3v) is 5.76. The van der Waals surface area contributed by atoms with Crippen LogP contribution < -0.4 is 19.1 Å². The minimum atomic E-state index is -3.93. The maximum Gasteiger partial charge on any atom is 0.262 e. The van der Waals surface area contributed by atoms with Crippen molar-refractivity contribution in [1.29, 1.82) is 0 Å². The van der Waals surface area contributed by atoms with E-state index in [1.165, 1.54) is 12.1 Å². The molecular weight excluding hydrogens is 399 g/mol. The van der Waals surface area contributed by atoms with Gasteiger partial charge in [0.15, 0.2) is 0 Å². The summed E-state index contributed by atoms with van der Waals surface area (Å²) in [5, 5.41) is 0. The van der Waals surface area contributed by atoms with Crippen LogP contribution in [0.2, 0.25) is 0 Å². The number of hydrogen-bond donors (Lipinski definition) is 1. The zero-order valence-electron chi connectivity index (χ0n) is 16.5. The molecule has 2 aromatic carbocycles. The molecular formula is C20H25FN2O5S. The molecule has 0 spiro atoms. The molecule has 0 aromatic heterocycles. The third kappa shape index (κ3) is 5.10. The van der Waals surface area contributed by atoms with Gasteiger partial charge in [-0.1, -0.05) is 0 Å². The number of sulfonamides is 1. The molecule has 1 saturated heterocycles. The molecule has 0 aliphatic carbocycles. The van der Waals surface area contributed by atoms with Gasteiger partial charge in [0.05, 0.1) is 42.7 Å². The molecule has 1 N–H and O–H groups in total. The van der Waals surface area contributed by atoms with Gasteiger partial charge >= 0.3 is 0 Å². The van der Waals surface area contributed by atoms with E-state index in [4.69, 9.17) is 14.2 Å². The van der Waals surface area contributed by atoms with Crippen LogP contribution in [0.4, 0.5) is 15.8 Å². The van der Waals surface area contributed by atoms with E-state index in [2.05, 4.69) is 9.62 Å². The van der Waals surface area contributed by atoms with E-state index >= 15 is 0 Å². The SMILES string of the molecule is CCOc1cc(N2CCOCC2)c(OCC)cc1NS(=O)(=O)c1ccc(F)cc1. The maximum atomic E-state index is 13.2. The highest BCUT2D eigenvalue weighted by molar-refractivity contribution is 7.92. The van der Waals surface area contributed by atoms with Gasteiger partial charge < -0.3 is 19.1 Å². The van der Waals surface area contributed by atoms with Gasteiger partial charge in [-0.25, -0.2) is 12.8 Å². The van der Waals surface area contributed by atoms with E-state index in [0.717, 1.165) is 17.8 Å². The number of nitrogens with zero attached hydrogens (tertiary/aromatic N) is 1. The van der Waals surface area contributed by atoms with Crippen molar-refractivity contribution in [3.8, 4) is 11.5 Å². The van der Waals surface area contributed by atoms with E-state index in [9.17, 15) is 12.8 Å². The van der Waals surface area contributed by atoms with Crippen LogP contribution in [0.25, 0.3) is 0 Å². The number of morpholine rings is 1. The number of rotatable bonds is 8. The predicted octanol–water partition coefficient (Wildman–Crippen LogP) is 3.26. The predicted molar refractivity (Wildman–Crippen MR) is 109 cm³/mol. The van der Waals surface area contributed by atoms with Gasteiger partial charge in [0.25, 0.3) is 10.0 Å². The Balaban J connectivity index is 2.00. The summed E-state index contributed by atoms with van der Waals surface area (Å²) in [5.74, 6) is 0.435. The van der Waals surface area contributed by atoms with Crippen LogP contribution in [0, 0.1) is 5.82 Å². The standard InChI is InChI=1S/C20H25FN2O5S/c1-3-27-19-14-18(23-9-11-26-12-10-23)20(28-4-2)13-17(19)22-29(24,25)16-7-5-15(21)6-8-16/h5-8,13-14,22H,3-4,9-12H2,1-2H3. The topological polar surface area (TPSA) is 77.1 Å².